The minimum absolute atomic E-state index is 0.0435. The summed E-state index contributed by atoms with van der Waals surface area (Å²) >= 11 is 0. The van der Waals surface area contributed by atoms with Crippen LogP contribution in [0, 0.1) is 25.4 Å². The lowest BCUT2D eigenvalue weighted by atomic mass is 9.86. The van der Waals surface area contributed by atoms with Gasteiger partial charge in [0.05, 0.1) is 23.5 Å². The van der Waals surface area contributed by atoms with Crippen molar-refractivity contribution in [2.75, 3.05) is 12.5 Å². The lowest BCUT2D eigenvalue weighted by molar-refractivity contribution is -0.720. The molecule has 2 aromatic rings. The summed E-state index contributed by atoms with van der Waals surface area (Å²) in [4.78, 5) is 35.4. The van der Waals surface area contributed by atoms with Gasteiger partial charge in [0.1, 0.15) is 0 Å². The normalized spacial score (nSPS) is 17.0. The molecule has 0 saturated carbocycles. The van der Waals surface area contributed by atoms with E-state index in [9.17, 15) is 30.2 Å². The van der Waals surface area contributed by atoms with Gasteiger partial charge >= 0.3 is 0 Å². The van der Waals surface area contributed by atoms with Crippen molar-refractivity contribution in [1.82, 2.24) is 5.16 Å². The number of carbonyl (C=O) groups is 1. The van der Waals surface area contributed by atoms with E-state index in [2.05, 4.69) is 9.79 Å². The third-order valence-corrected chi connectivity index (χ3v) is 5.87. The maximum Gasteiger partial charge on any atom is 0.289 e. The number of nitrogens with one attached hydrogen (secondary N) is 1. The number of benzene rings is 1. The van der Waals surface area contributed by atoms with Crippen LogP contribution in [0.2, 0.25) is 0 Å². The van der Waals surface area contributed by atoms with Crippen molar-refractivity contribution in [1.29, 1.82) is 0 Å². The van der Waals surface area contributed by atoms with Gasteiger partial charge in [-0.05, 0) is 15.8 Å². The highest BCUT2D eigenvalue weighted by Crippen LogP contribution is 2.37. The first-order chi connectivity index (χ1) is 13.2. The maximum atomic E-state index is 13.2. The van der Waals surface area contributed by atoms with Crippen molar-refractivity contribution in [3.05, 3.63) is 84.5 Å². The minimum atomic E-state index is -1.31. The number of aromatic nitrogens is 2. The van der Waals surface area contributed by atoms with Crippen LogP contribution >= 0.6 is 0 Å². The second kappa shape index (κ2) is 7.31. The van der Waals surface area contributed by atoms with Crippen LogP contribution in [0.3, 0.4) is 0 Å². The van der Waals surface area contributed by atoms with E-state index < -0.39 is 49.1 Å². The molecule has 1 aliphatic carbocycles. The number of rotatable bonds is 5. The SMILES string of the molecule is C[S+](C)C(C(=O)c1ccccc1)C1C([N+](=O)[O-])=CC(=[N+]([O-])[O-])c2[nH]o[n+](=O)c21. The minimum Gasteiger partial charge on any atom is -0.612 e. The highest BCUT2D eigenvalue weighted by molar-refractivity contribution is 7.96. The highest BCUT2D eigenvalue weighted by Gasteiger charge is 2.56. The quantitative estimate of drug-likeness (QED) is 0.251. The lowest BCUT2D eigenvalue weighted by Crippen LogP contribution is -2.43. The van der Waals surface area contributed by atoms with Crippen molar-refractivity contribution in [2.45, 2.75) is 11.2 Å². The van der Waals surface area contributed by atoms with Gasteiger partial charge < -0.3 is 10.4 Å². The van der Waals surface area contributed by atoms with Gasteiger partial charge in [-0.3, -0.25) is 14.9 Å². The summed E-state index contributed by atoms with van der Waals surface area (Å²) in [5.41, 5.74) is -1.58. The monoisotopic (exact) mass is 407 g/mol. The number of carbonyl (C=O) groups excluding carboxylic acids is 1. The van der Waals surface area contributed by atoms with Gasteiger partial charge in [-0.15, -0.1) is 0 Å². The summed E-state index contributed by atoms with van der Waals surface area (Å²) in [5.74, 6) is -1.71. The second-order valence-electron chi connectivity index (χ2n) is 6.19. The summed E-state index contributed by atoms with van der Waals surface area (Å²) in [6, 6.07) is 8.18. The fourth-order valence-electron chi connectivity index (χ4n) is 3.19. The molecule has 1 aromatic heterocycles. The molecule has 0 bridgehead atoms. The molecule has 0 radical (unpaired) electrons. The number of hydrogen-bond acceptors (Lipinski definition) is 7. The van der Waals surface area contributed by atoms with Crippen molar-refractivity contribution in [3.63, 3.8) is 0 Å². The number of allylic oxidation sites excluding steroid dienone is 2. The van der Waals surface area contributed by atoms with Crippen LogP contribution in [0.15, 0.2) is 46.7 Å². The molecule has 0 spiro atoms. The Hall–Kier alpha value is -3.41. The van der Waals surface area contributed by atoms with Gasteiger partial charge in [0.15, 0.2) is 10.5 Å². The van der Waals surface area contributed by atoms with Gasteiger partial charge in [0.2, 0.25) is 11.0 Å². The molecule has 11 nitrogen and oxygen atoms in total. The molecule has 0 fully saturated rings. The Morgan fingerprint density at radius 1 is 1.25 bits per heavy atom. The van der Waals surface area contributed by atoms with Crippen molar-refractivity contribution in [2.24, 2.45) is 0 Å². The lowest BCUT2D eigenvalue weighted by Gasteiger charge is -2.20. The van der Waals surface area contributed by atoms with Crippen LogP contribution in [0.5, 0.6) is 0 Å². The molecule has 1 heterocycles. The molecule has 0 saturated heterocycles. The fraction of sp³-hybridized carbons (Fsp3) is 0.250. The van der Waals surface area contributed by atoms with Crippen molar-refractivity contribution < 1.29 is 23.8 Å². The van der Waals surface area contributed by atoms with Gasteiger partial charge in [-0.25, -0.2) is 0 Å². The Morgan fingerprint density at radius 2 is 1.89 bits per heavy atom. The summed E-state index contributed by atoms with van der Waals surface area (Å²) < 4.78 is 4.57. The Bertz CT molecular complexity index is 1050. The average Bonchev–Trinajstić information content (AvgIpc) is 3.03. The first kappa shape index (κ1) is 19.4. The summed E-state index contributed by atoms with van der Waals surface area (Å²) in [5, 5.41) is 35.5. The Morgan fingerprint density at radius 3 is 2.43 bits per heavy atom. The molecule has 2 atom stereocenters. The third kappa shape index (κ3) is 3.17. The number of fused-ring (bicyclic) bond motifs is 1. The number of aromatic amines is 1. The van der Waals surface area contributed by atoms with Gasteiger partial charge in [-0.2, -0.15) is 4.90 Å². The van der Waals surface area contributed by atoms with E-state index in [0.717, 1.165) is 6.08 Å². The Kier molecular flexibility index (Phi) is 5.05. The van der Waals surface area contributed by atoms with Crippen LogP contribution < -0.4 is 4.60 Å². The molecule has 2 unspecified atom stereocenters. The number of nitrogens with zero attached hydrogens (tertiary/aromatic N) is 3. The fourth-order valence-corrected chi connectivity index (χ4v) is 4.56. The van der Waals surface area contributed by atoms with E-state index >= 15 is 0 Å². The van der Waals surface area contributed by atoms with Gasteiger partial charge in [-0.1, -0.05) is 40.1 Å². The molecule has 12 heteroatoms. The van der Waals surface area contributed by atoms with E-state index in [1.165, 1.54) is 0 Å². The standard InChI is InChI=1S/C16H15N4O7S/c1-28(2)16(15(21)9-6-4-3-5-7-9)12-10(18(22)23)8-11(19(24)25)13-14(12)20(26)27-17-13/h3-8,12,16H,1-2H3,(H-,17,24,25,26)/q+1. The van der Waals surface area contributed by atoms with Crippen LogP contribution in [0.4, 0.5) is 0 Å². The zero-order chi connectivity index (χ0) is 20.6. The largest absolute Gasteiger partial charge is 0.612 e. The van der Waals surface area contributed by atoms with E-state index in [1.807, 2.05) is 0 Å². The van der Waals surface area contributed by atoms with E-state index in [4.69, 9.17) is 0 Å². The number of H-pyrrole nitrogens is 1. The number of ketones is 1. The first-order valence-electron chi connectivity index (χ1n) is 7.91. The van der Waals surface area contributed by atoms with E-state index in [0.29, 0.717) is 5.56 Å². The molecule has 1 N–H and O–H groups in total. The average molecular weight is 407 g/mol. The number of hydrogen-bond donors (Lipinski definition) is 1. The van der Waals surface area contributed by atoms with E-state index in [-0.39, 0.29) is 16.0 Å². The predicted molar refractivity (Wildman–Crippen MR) is 99.1 cm³/mol. The summed E-state index contributed by atoms with van der Waals surface area (Å²) in [6.07, 6.45) is 4.21. The molecule has 1 aliphatic rings. The molecular formula is C16H15N4O7S+. The third-order valence-electron chi connectivity index (χ3n) is 4.37. The van der Waals surface area contributed by atoms with Crippen LogP contribution in [-0.4, -0.2) is 44.2 Å². The predicted octanol–water partition coefficient (Wildman–Crippen LogP) is 0.707. The van der Waals surface area contributed by atoms with Gasteiger partial charge in [0.25, 0.3) is 22.8 Å². The molecule has 0 aliphatic heterocycles. The topological polar surface area (TPSA) is 161 Å². The van der Waals surface area contributed by atoms with Crippen molar-refractivity contribution in [3.8, 4) is 0 Å². The molecular weight excluding hydrogens is 392 g/mol. The zero-order valence-corrected chi connectivity index (χ0v) is 15.5. The molecule has 1 aromatic carbocycles. The molecule has 28 heavy (non-hydrogen) atoms. The van der Waals surface area contributed by atoms with Crippen molar-refractivity contribution >= 4 is 22.4 Å². The van der Waals surface area contributed by atoms with Crippen LogP contribution in [0.25, 0.3) is 0 Å². The maximum absolute atomic E-state index is 13.2. The Balaban J connectivity index is 2.26. The molecule has 0 amide bonds. The first-order valence-corrected chi connectivity index (χ1v) is 10.0. The molecule has 146 valence electrons. The van der Waals surface area contributed by atoms with Gasteiger partial charge in [0, 0.05) is 5.56 Å². The smallest absolute Gasteiger partial charge is 0.289 e. The summed E-state index contributed by atoms with van der Waals surface area (Å²) in [7, 11) is -0.722. The molecule has 3 rings (SSSR count). The zero-order valence-electron chi connectivity index (χ0n) is 14.7. The second-order valence-corrected chi connectivity index (χ2v) is 8.45. The number of nitro groups is 1. The van der Waals surface area contributed by atoms with Crippen LogP contribution in [0.1, 0.15) is 27.7 Å². The highest BCUT2D eigenvalue weighted by atomic mass is 32.2. The van der Waals surface area contributed by atoms with Crippen LogP contribution in [-0.2, 0) is 10.9 Å². The van der Waals surface area contributed by atoms with E-state index in [1.54, 1.807) is 42.8 Å². The summed E-state index contributed by atoms with van der Waals surface area (Å²) in [6.45, 7) is 0. The Labute approximate surface area is 160 Å². The number of Topliss-reactive ketones (excluding diaryl/α,β-unsaturated/α-hetero) is 1.